The number of terminal acetylenes is 1. The minimum absolute atomic E-state index is 0.437. The van der Waals surface area contributed by atoms with Crippen LogP contribution in [0.2, 0.25) is 0 Å². The Kier molecular flexibility index (Phi) is 4.92. The third-order valence-corrected chi connectivity index (χ3v) is 3.15. The van der Waals surface area contributed by atoms with Crippen LogP contribution in [0.3, 0.4) is 0 Å². The summed E-state index contributed by atoms with van der Waals surface area (Å²) in [6, 6.07) is 11.8. The molecule has 2 rings (SSSR count). The van der Waals surface area contributed by atoms with Crippen molar-refractivity contribution >= 4 is 17.6 Å². The fourth-order valence-corrected chi connectivity index (χ4v) is 2.08. The average Bonchev–Trinajstić information content (AvgIpc) is 2.59. The second-order valence-corrected chi connectivity index (χ2v) is 4.62. The predicted molar refractivity (Wildman–Crippen MR) is 83.5 cm³/mol. The van der Waals surface area contributed by atoms with Crippen molar-refractivity contribution in [2.75, 3.05) is 0 Å². The molecule has 120 valence electrons. The fourth-order valence-electron chi connectivity index (χ4n) is 2.08. The largest absolute Gasteiger partial charge is 0.477 e. The highest BCUT2D eigenvalue weighted by atomic mass is 16.6. The number of carboxylic acid groups (broad SMARTS) is 1. The van der Waals surface area contributed by atoms with Crippen molar-refractivity contribution in [1.29, 1.82) is 0 Å². The number of nitro benzene ring substituents is 1. The lowest BCUT2D eigenvalue weighted by atomic mass is 10.1. The van der Waals surface area contributed by atoms with Crippen LogP contribution in [0.5, 0.6) is 0 Å². The summed E-state index contributed by atoms with van der Waals surface area (Å²) in [7, 11) is 0. The number of hydrogen-bond donors (Lipinski definition) is 1. The Morgan fingerprint density at radius 1 is 1.17 bits per heavy atom. The van der Waals surface area contributed by atoms with E-state index in [9.17, 15) is 24.8 Å². The lowest BCUT2D eigenvalue weighted by Gasteiger charge is -2.13. The van der Waals surface area contributed by atoms with E-state index in [1.165, 1.54) is 6.07 Å². The monoisotopic (exact) mass is 325 g/mol. The molecule has 0 amide bonds. The number of nitrogens with zero attached hydrogens (tertiary/aromatic N) is 1. The Morgan fingerprint density at radius 3 is 2.38 bits per heavy atom. The first-order chi connectivity index (χ1) is 11.5. The van der Waals surface area contributed by atoms with Crippen molar-refractivity contribution in [2.45, 2.75) is 6.10 Å². The van der Waals surface area contributed by atoms with E-state index in [4.69, 9.17) is 11.2 Å². The number of carbonyl (C=O) groups is 2. The third-order valence-electron chi connectivity index (χ3n) is 3.15. The highest BCUT2D eigenvalue weighted by molar-refractivity contribution is 6.05. The van der Waals surface area contributed by atoms with Gasteiger partial charge in [-0.15, -0.1) is 6.42 Å². The molecule has 0 aliphatic rings. The molecular weight excluding hydrogens is 314 g/mol. The van der Waals surface area contributed by atoms with E-state index in [1.807, 2.05) is 0 Å². The highest BCUT2D eigenvalue weighted by Crippen LogP contribution is 2.25. The fraction of sp³-hybridized carbons (Fsp3) is 0.0588. The van der Waals surface area contributed by atoms with Crippen LogP contribution in [0, 0.1) is 22.5 Å². The third kappa shape index (κ3) is 3.39. The molecule has 0 saturated heterocycles. The molecule has 0 radical (unpaired) electrons. The number of hydrogen-bond acceptors (Lipinski definition) is 5. The van der Waals surface area contributed by atoms with Crippen molar-refractivity contribution in [1.82, 2.24) is 0 Å². The van der Waals surface area contributed by atoms with Crippen LogP contribution in [0.25, 0.3) is 0 Å². The Labute approximate surface area is 136 Å². The first-order valence-electron chi connectivity index (χ1n) is 6.68. The van der Waals surface area contributed by atoms with Gasteiger partial charge in [0.2, 0.25) is 0 Å². The quantitative estimate of drug-likeness (QED) is 0.392. The Hall–Kier alpha value is -3.66. The van der Waals surface area contributed by atoms with Crippen LogP contribution >= 0.6 is 0 Å². The summed E-state index contributed by atoms with van der Waals surface area (Å²) in [6.07, 6.45) is 4.31. The first-order valence-corrected chi connectivity index (χ1v) is 6.68. The molecule has 0 aliphatic heterocycles. The van der Waals surface area contributed by atoms with Crippen molar-refractivity contribution in [2.24, 2.45) is 0 Å². The molecule has 0 aliphatic carbocycles. The number of ether oxygens (including phenoxy) is 1. The van der Waals surface area contributed by atoms with Crippen LogP contribution in [-0.4, -0.2) is 22.0 Å². The van der Waals surface area contributed by atoms with Gasteiger partial charge >= 0.3 is 11.9 Å². The van der Waals surface area contributed by atoms with Gasteiger partial charge in [0.15, 0.2) is 11.7 Å². The zero-order valence-electron chi connectivity index (χ0n) is 12.2. The summed E-state index contributed by atoms with van der Waals surface area (Å²) in [5.74, 6) is -0.377. The van der Waals surface area contributed by atoms with E-state index in [0.29, 0.717) is 5.56 Å². The van der Waals surface area contributed by atoms with Gasteiger partial charge in [-0.1, -0.05) is 42.3 Å². The van der Waals surface area contributed by atoms with Gasteiger partial charge < -0.3 is 9.84 Å². The summed E-state index contributed by atoms with van der Waals surface area (Å²) in [5.41, 5.74) is -1.35. The molecule has 0 saturated carbocycles. The van der Waals surface area contributed by atoms with Gasteiger partial charge in [0.1, 0.15) is 0 Å². The van der Waals surface area contributed by atoms with Crippen LogP contribution in [0.4, 0.5) is 5.69 Å². The molecule has 0 unspecified atom stereocenters. The summed E-state index contributed by atoms with van der Waals surface area (Å²) in [6.45, 7) is 0. The van der Waals surface area contributed by atoms with E-state index < -0.39 is 39.8 Å². The second kappa shape index (κ2) is 7.07. The normalized spacial score (nSPS) is 11.1. The van der Waals surface area contributed by atoms with Gasteiger partial charge in [0, 0.05) is 11.6 Å². The molecule has 1 atom stereocenters. The minimum atomic E-state index is -1.61. The van der Waals surface area contributed by atoms with Gasteiger partial charge in [0.25, 0.3) is 5.69 Å². The van der Waals surface area contributed by atoms with E-state index in [2.05, 4.69) is 5.92 Å². The number of nitro groups is 1. The van der Waals surface area contributed by atoms with E-state index in [1.54, 1.807) is 30.3 Å². The SMILES string of the molecule is C#C[C@@H](OC(=O)c1cccc([N+](=O)[O-])c1C(=O)O)c1ccccc1. The van der Waals surface area contributed by atoms with E-state index in [-0.39, 0.29) is 0 Å². The Balaban J connectivity index is 2.40. The first kappa shape index (κ1) is 16.7. The maximum absolute atomic E-state index is 12.3. The number of carbonyl (C=O) groups excluding carboxylic acids is 1. The van der Waals surface area contributed by atoms with E-state index in [0.717, 1.165) is 12.1 Å². The summed E-state index contributed by atoms with van der Waals surface area (Å²) in [5, 5.41) is 20.2. The van der Waals surface area contributed by atoms with Crippen LogP contribution in [0.1, 0.15) is 32.4 Å². The molecular formula is C17H11NO6. The smallest absolute Gasteiger partial charge is 0.343 e. The molecule has 0 fully saturated rings. The predicted octanol–water partition coefficient (Wildman–Crippen LogP) is 2.82. The zero-order chi connectivity index (χ0) is 17.7. The molecule has 24 heavy (non-hydrogen) atoms. The van der Waals surface area contributed by atoms with Crippen molar-refractivity contribution in [3.8, 4) is 12.3 Å². The molecule has 0 spiro atoms. The number of esters is 1. The van der Waals surface area contributed by atoms with Crippen molar-refractivity contribution in [3.05, 3.63) is 75.3 Å². The lowest BCUT2D eigenvalue weighted by molar-refractivity contribution is -0.385. The van der Waals surface area contributed by atoms with Gasteiger partial charge in [-0.05, 0) is 6.07 Å². The maximum atomic E-state index is 12.3. The molecule has 7 heteroatoms. The summed E-state index contributed by atoms with van der Waals surface area (Å²) >= 11 is 0. The topological polar surface area (TPSA) is 107 Å². The standard InChI is InChI=1S/C17H11NO6/c1-2-14(11-7-4-3-5-8-11)24-17(21)12-9-6-10-13(18(22)23)15(12)16(19)20/h1,3-10,14H,(H,19,20)/t14-/m1/s1. The molecule has 2 aromatic rings. The maximum Gasteiger partial charge on any atom is 0.343 e. The average molecular weight is 325 g/mol. The Morgan fingerprint density at radius 2 is 1.83 bits per heavy atom. The Bertz CT molecular complexity index is 838. The second-order valence-electron chi connectivity index (χ2n) is 4.62. The van der Waals surface area contributed by atoms with Crippen LogP contribution < -0.4 is 0 Å². The number of aromatic carboxylic acids is 1. The number of rotatable bonds is 5. The minimum Gasteiger partial charge on any atom is -0.477 e. The molecule has 2 aromatic carbocycles. The molecule has 0 heterocycles. The van der Waals surface area contributed by atoms with Crippen LogP contribution in [-0.2, 0) is 4.74 Å². The van der Waals surface area contributed by atoms with E-state index >= 15 is 0 Å². The van der Waals surface area contributed by atoms with Crippen molar-refractivity contribution in [3.63, 3.8) is 0 Å². The van der Waals surface area contributed by atoms with Gasteiger partial charge in [-0.2, -0.15) is 0 Å². The van der Waals surface area contributed by atoms with Gasteiger partial charge in [-0.25, -0.2) is 9.59 Å². The number of benzene rings is 2. The molecule has 0 bridgehead atoms. The zero-order valence-corrected chi connectivity index (χ0v) is 12.2. The number of carboxylic acids is 1. The lowest BCUT2D eigenvalue weighted by Crippen LogP contribution is -2.16. The van der Waals surface area contributed by atoms with Gasteiger partial charge in [-0.3, -0.25) is 10.1 Å². The van der Waals surface area contributed by atoms with Crippen molar-refractivity contribution < 1.29 is 24.4 Å². The molecule has 1 N–H and O–H groups in total. The summed E-state index contributed by atoms with van der Waals surface area (Å²) in [4.78, 5) is 33.7. The molecule has 0 aromatic heterocycles. The molecule has 7 nitrogen and oxygen atoms in total. The van der Waals surface area contributed by atoms with Gasteiger partial charge in [0.05, 0.1) is 10.5 Å². The highest BCUT2D eigenvalue weighted by Gasteiger charge is 2.29. The van der Waals surface area contributed by atoms with Crippen LogP contribution in [0.15, 0.2) is 48.5 Å². The summed E-state index contributed by atoms with van der Waals surface area (Å²) < 4.78 is 5.14.